The number of hydrogen-bond donors (Lipinski definition) is 1. The minimum absolute atomic E-state index is 0.103. The van der Waals surface area contributed by atoms with Gasteiger partial charge < -0.3 is 10.2 Å². The van der Waals surface area contributed by atoms with E-state index in [2.05, 4.69) is 5.10 Å². The average Bonchev–Trinajstić information content (AvgIpc) is 2.88. The lowest BCUT2D eigenvalue weighted by molar-refractivity contribution is -0.141. The molecule has 0 aliphatic heterocycles. The zero-order chi connectivity index (χ0) is 13.3. The van der Waals surface area contributed by atoms with Gasteiger partial charge in [-0.1, -0.05) is 0 Å². The Morgan fingerprint density at radius 3 is 2.56 bits per heavy atom. The van der Waals surface area contributed by atoms with E-state index in [9.17, 15) is 13.2 Å². The highest BCUT2D eigenvalue weighted by atomic mass is 19.4. The molecule has 4 nitrogen and oxygen atoms in total. The minimum atomic E-state index is -4.45. The van der Waals surface area contributed by atoms with Crippen LogP contribution in [-0.4, -0.2) is 16.3 Å². The maximum atomic E-state index is 12.4. The maximum Gasteiger partial charge on any atom is 0.435 e. The zero-order valence-corrected chi connectivity index (χ0v) is 9.61. The van der Waals surface area contributed by atoms with Gasteiger partial charge in [0.25, 0.3) is 0 Å². The van der Waals surface area contributed by atoms with Crippen molar-refractivity contribution in [2.45, 2.75) is 19.1 Å². The van der Waals surface area contributed by atoms with Crippen LogP contribution in [0.3, 0.4) is 0 Å². The van der Waals surface area contributed by atoms with Gasteiger partial charge in [-0.25, -0.2) is 0 Å². The number of aryl methyl sites for hydroxylation is 1. The van der Waals surface area contributed by atoms with Crippen LogP contribution in [0.4, 0.5) is 13.2 Å². The predicted octanol–water partition coefficient (Wildman–Crippen LogP) is 2.35. The molecule has 1 unspecified atom stereocenters. The van der Waals surface area contributed by atoms with Crippen molar-refractivity contribution in [2.75, 3.05) is 6.54 Å². The molecule has 2 rings (SSSR count). The van der Waals surface area contributed by atoms with Gasteiger partial charge in [0, 0.05) is 12.7 Å². The Labute approximate surface area is 101 Å². The Hall–Kier alpha value is -1.76. The van der Waals surface area contributed by atoms with Crippen molar-refractivity contribution in [3.8, 4) is 0 Å². The van der Waals surface area contributed by atoms with E-state index >= 15 is 0 Å². The lowest BCUT2D eigenvalue weighted by Gasteiger charge is -2.12. The molecule has 2 aromatic heterocycles. The molecule has 0 aromatic carbocycles. The van der Waals surface area contributed by atoms with Crippen molar-refractivity contribution in [1.29, 1.82) is 0 Å². The summed E-state index contributed by atoms with van der Waals surface area (Å²) < 4.78 is 43.9. The van der Waals surface area contributed by atoms with Gasteiger partial charge in [0.15, 0.2) is 5.69 Å². The van der Waals surface area contributed by atoms with Gasteiger partial charge in [-0.15, -0.1) is 0 Å². The third-order valence-corrected chi connectivity index (χ3v) is 2.53. The van der Waals surface area contributed by atoms with E-state index < -0.39 is 17.9 Å². The molecule has 0 saturated heterocycles. The fraction of sp³-hybridized carbons (Fsp3) is 0.364. The molecule has 18 heavy (non-hydrogen) atoms. The predicted molar refractivity (Wildman–Crippen MR) is 57.9 cm³/mol. The summed E-state index contributed by atoms with van der Waals surface area (Å²) in [6.07, 6.45) is -3.21. The van der Waals surface area contributed by atoms with Crippen LogP contribution in [0.25, 0.3) is 0 Å². The number of hydrogen-bond acceptors (Lipinski definition) is 3. The molecule has 0 amide bonds. The molecule has 98 valence electrons. The third-order valence-electron chi connectivity index (χ3n) is 2.53. The number of alkyl halides is 3. The van der Waals surface area contributed by atoms with E-state index in [0.29, 0.717) is 11.5 Å². The first-order valence-corrected chi connectivity index (χ1v) is 5.30. The summed E-state index contributed by atoms with van der Waals surface area (Å²) in [7, 11) is 0. The summed E-state index contributed by atoms with van der Waals surface area (Å²) in [5.74, 6) is 1.17. The molecule has 2 heterocycles. The van der Waals surface area contributed by atoms with Crippen LogP contribution in [0.15, 0.2) is 28.8 Å². The Bertz CT molecular complexity index is 530. The lowest BCUT2D eigenvalue weighted by atomic mass is 10.2. The molecule has 2 N–H and O–H groups in total. The molecular weight excluding hydrogens is 247 g/mol. The zero-order valence-electron chi connectivity index (χ0n) is 9.61. The van der Waals surface area contributed by atoms with Crippen molar-refractivity contribution in [3.05, 3.63) is 41.6 Å². The molecule has 0 bridgehead atoms. The number of nitrogens with zero attached hydrogens (tertiary/aromatic N) is 2. The molecule has 0 aliphatic rings. The van der Waals surface area contributed by atoms with Crippen LogP contribution in [-0.2, 0) is 6.18 Å². The van der Waals surface area contributed by atoms with Crippen molar-refractivity contribution < 1.29 is 17.6 Å². The first-order chi connectivity index (χ1) is 8.41. The monoisotopic (exact) mass is 259 g/mol. The molecule has 1 atom stereocenters. The highest BCUT2D eigenvalue weighted by Crippen LogP contribution is 2.28. The molecule has 0 aliphatic carbocycles. The summed E-state index contributed by atoms with van der Waals surface area (Å²) >= 11 is 0. The summed E-state index contributed by atoms with van der Waals surface area (Å²) in [4.78, 5) is 0. The number of aromatic nitrogens is 2. The van der Waals surface area contributed by atoms with Crippen molar-refractivity contribution in [2.24, 2.45) is 5.73 Å². The standard InChI is InChI=1S/C11H12F3N3O/c1-7-2-3-9(18-7)8(6-15)17-5-4-10(16-17)11(12,13)14/h2-5,8H,6,15H2,1H3. The molecular formula is C11H12F3N3O. The van der Waals surface area contributed by atoms with Gasteiger partial charge >= 0.3 is 6.18 Å². The SMILES string of the molecule is Cc1ccc(C(CN)n2ccc(C(F)(F)F)n2)o1. The second kappa shape index (κ2) is 4.49. The topological polar surface area (TPSA) is 57.0 Å². The van der Waals surface area contributed by atoms with Crippen LogP contribution < -0.4 is 5.73 Å². The Balaban J connectivity index is 2.31. The molecule has 0 spiro atoms. The van der Waals surface area contributed by atoms with Gasteiger partial charge in [-0.05, 0) is 25.1 Å². The van der Waals surface area contributed by atoms with E-state index in [-0.39, 0.29) is 6.54 Å². The summed E-state index contributed by atoms with van der Waals surface area (Å²) in [5.41, 5.74) is 4.62. The largest absolute Gasteiger partial charge is 0.464 e. The van der Waals surface area contributed by atoms with Crippen LogP contribution in [0.2, 0.25) is 0 Å². The van der Waals surface area contributed by atoms with Crippen LogP contribution >= 0.6 is 0 Å². The number of halogens is 3. The van der Waals surface area contributed by atoms with Crippen molar-refractivity contribution >= 4 is 0 Å². The first-order valence-electron chi connectivity index (χ1n) is 5.30. The number of rotatable bonds is 3. The molecule has 2 aromatic rings. The molecule has 0 radical (unpaired) electrons. The highest BCUT2D eigenvalue weighted by molar-refractivity contribution is 5.13. The smallest absolute Gasteiger partial charge is 0.435 e. The van der Waals surface area contributed by atoms with Gasteiger partial charge in [0.2, 0.25) is 0 Å². The average molecular weight is 259 g/mol. The second-order valence-corrected chi connectivity index (χ2v) is 3.88. The second-order valence-electron chi connectivity index (χ2n) is 3.88. The van der Waals surface area contributed by atoms with Crippen LogP contribution in [0, 0.1) is 6.92 Å². The van der Waals surface area contributed by atoms with Crippen LogP contribution in [0.1, 0.15) is 23.3 Å². The van der Waals surface area contributed by atoms with E-state index in [1.165, 1.54) is 10.9 Å². The van der Waals surface area contributed by atoms with Crippen molar-refractivity contribution in [1.82, 2.24) is 9.78 Å². The summed E-state index contributed by atoms with van der Waals surface area (Å²) in [6.45, 7) is 1.85. The normalized spacial score (nSPS) is 13.8. The lowest BCUT2D eigenvalue weighted by Crippen LogP contribution is -2.21. The summed E-state index contributed by atoms with van der Waals surface area (Å²) in [6, 6.07) is 3.79. The first kappa shape index (κ1) is 12.7. The van der Waals surface area contributed by atoms with Gasteiger partial charge in [-0.2, -0.15) is 18.3 Å². The minimum Gasteiger partial charge on any atom is -0.464 e. The Kier molecular flexibility index (Phi) is 3.16. The van der Waals surface area contributed by atoms with Crippen molar-refractivity contribution in [3.63, 3.8) is 0 Å². The van der Waals surface area contributed by atoms with Crippen LogP contribution in [0.5, 0.6) is 0 Å². The fourth-order valence-corrected chi connectivity index (χ4v) is 1.65. The number of furan rings is 1. The van der Waals surface area contributed by atoms with E-state index in [4.69, 9.17) is 10.2 Å². The van der Waals surface area contributed by atoms with E-state index in [1.807, 2.05) is 0 Å². The quantitative estimate of drug-likeness (QED) is 0.920. The van der Waals surface area contributed by atoms with Gasteiger partial charge in [0.1, 0.15) is 17.6 Å². The third kappa shape index (κ3) is 2.40. The Morgan fingerprint density at radius 1 is 1.39 bits per heavy atom. The molecule has 0 fully saturated rings. The van der Waals surface area contributed by atoms with E-state index in [1.54, 1.807) is 19.1 Å². The van der Waals surface area contributed by atoms with Gasteiger partial charge in [0.05, 0.1) is 0 Å². The molecule has 7 heteroatoms. The van der Waals surface area contributed by atoms with Gasteiger partial charge in [-0.3, -0.25) is 4.68 Å². The highest BCUT2D eigenvalue weighted by Gasteiger charge is 2.34. The maximum absolute atomic E-state index is 12.4. The summed E-state index contributed by atoms with van der Waals surface area (Å²) in [5, 5.41) is 3.49. The van der Waals surface area contributed by atoms with E-state index in [0.717, 1.165) is 6.07 Å². The Morgan fingerprint density at radius 2 is 2.11 bits per heavy atom. The number of nitrogens with two attached hydrogens (primary N) is 1. The fourth-order valence-electron chi connectivity index (χ4n) is 1.65. The molecule has 0 saturated carbocycles.